The van der Waals surface area contributed by atoms with Crippen LogP contribution in [0.1, 0.15) is 0 Å². The largest absolute Gasteiger partial charge is 0.534 e. The van der Waals surface area contributed by atoms with E-state index in [-0.39, 0.29) is 4.70 Å². The van der Waals surface area contributed by atoms with Crippen molar-refractivity contribution in [3.05, 3.63) is 152 Å². The maximum atomic E-state index is 13.5. The second kappa shape index (κ2) is 12.1. The molecule has 0 amide bonds. The molecule has 0 aliphatic carbocycles. The summed E-state index contributed by atoms with van der Waals surface area (Å²) in [6.45, 7) is 0. The predicted molar refractivity (Wildman–Crippen MR) is 184 cm³/mol. The van der Waals surface area contributed by atoms with Crippen molar-refractivity contribution in [2.45, 2.75) is 5.51 Å². The molecule has 234 valence electrons. The van der Waals surface area contributed by atoms with Crippen LogP contribution < -0.4 is 14.0 Å². The molecule has 0 spiro atoms. The van der Waals surface area contributed by atoms with Crippen LogP contribution in [0.3, 0.4) is 0 Å². The van der Waals surface area contributed by atoms with E-state index in [1.807, 2.05) is 144 Å². The summed E-state index contributed by atoms with van der Waals surface area (Å²) in [6.07, 6.45) is 0. The van der Waals surface area contributed by atoms with Crippen molar-refractivity contribution in [2.75, 3.05) is 9.80 Å². The van der Waals surface area contributed by atoms with Gasteiger partial charge in [0.1, 0.15) is 0 Å². The van der Waals surface area contributed by atoms with Gasteiger partial charge in [0, 0.05) is 43.9 Å². The van der Waals surface area contributed by atoms with E-state index in [1.165, 1.54) is 17.4 Å². The molecular weight excluding hydrogens is 642 g/mol. The Hall–Kier alpha value is -5.32. The van der Waals surface area contributed by atoms with Crippen LogP contribution in [0.15, 0.2) is 152 Å². The Morgan fingerprint density at radius 1 is 0.553 bits per heavy atom. The lowest BCUT2D eigenvalue weighted by atomic mass is 10.1. The van der Waals surface area contributed by atoms with E-state index in [9.17, 15) is 21.6 Å². The zero-order valence-electron chi connectivity index (χ0n) is 24.5. The van der Waals surface area contributed by atoms with Crippen LogP contribution in [-0.2, 0) is 10.1 Å². The van der Waals surface area contributed by atoms with E-state index < -0.39 is 21.4 Å². The first-order valence-corrected chi connectivity index (χ1v) is 16.7. The van der Waals surface area contributed by atoms with Crippen molar-refractivity contribution in [2.24, 2.45) is 0 Å². The quantitative estimate of drug-likeness (QED) is 0.119. The first kappa shape index (κ1) is 30.3. The van der Waals surface area contributed by atoms with Crippen LogP contribution in [0.2, 0.25) is 0 Å². The molecule has 0 aliphatic rings. The fraction of sp³-hybridized carbons (Fsp3) is 0.0270. The van der Waals surface area contributed by atoms with Crippen molar-refractivity contribution in [1.82, 2.24) is 0 Å². The molecule has 10 heteroatoms. The topological polar surface area (TPSA) is 49.9 Å². The normalized spacial score (nSPS) is 11.9. The third kappa shape index (κ3) is 5.77. The summed E-state index contributed by atoms with van der Waals surface area (Å²) in [5.41, 5.74) is -0.668. The zero-order chi connectivity index (χ0) is 32.6. The lowest BCUT2D eigenvalue weighted by Gasteiger charge is -2.27. The molecule has 0 radical (unpaired) electrons. The third-order valence-electron chi connectivity index (χ3n) is 7.59. The number of alkyl halides is 3. The van der Waals surface area contributed by atoms with E-state index in [0.717, 1.165) is 38.5 Å². The first-order chi connectivity index (χ1) is 22.7. The number of benzene rings is 6. The molecule has 0 unspecified atom stereocenters. The Labute approximate surface area is 273 Å². The van der Waals surface area contributed by atoms with E-state index in [4.69, 9.17) is 4.18 Å². The first-order valence-electron chi connectivity index (χ1n) is 14.5. The van der Waals surface area contributed by atoms with Gasteiger partial charge in [-0.2, -0.15) is 21.6 Å². The minimum Gasteiger partial charge on any atom is -0.374 e. The van der Waals surface area contributed by atoms with Gasteiger partial charge in [-0.3, -0.25) is 0 Å². The molecule has 0 aliphatic heterocycles. The van der Waals surface area contributed by atoms with Crippen LogP contribution in [0.4, 0.5) is 47.3 Å². The number of anilines is 6. The molecule has 7 aromatic rings. The molecule has 0 saturated carbocycles. The molecule has 0 bridgehead atoms. The average Bonchev–Trinajstić information content (AvgIpc) is 3.47. The van der Waals surface area contributed by atoms with Gasteiger partial charge in [-0.25, -0.2) is 0 Å². The Balaban J connectivity index is 1.50. The fourth-order valence-corrected chi connectivity index (χ4v) is 7.29. The lowest BCUT2D eigenvalue weighted by molar-refractivity contribution is -0.0499. The van der Waals surface area contributed by atoms with Gasteiger partial charge in [0.2, 0.25) is 0 Å². The summed E-state index contributed by atoms with van der Waals surface area (Å²) in [7, 11) is -5.93. The lowest BCUT2D eigenvalue weighted by Crippen LogP contribution is -2.28. The maximum absolute atomic E-state index is 13.5. The van der Waals surface area contributed by atoms with Crippen molar-refractivity contribution >= 4 is 75.8 Å². The van der Waals surface area contributed by atoms with Crippen LogP contribution >= 0.6 is 11.3 Å². The van der Waals surface area contributed by atoms with E-state index in [0.29, 0.717) is 11.1 Å². The summed E-state index contributed by atoms with van der Waals surface area (Å²) in [6, 6.07) is 47.5. The van der Waals surface area contributed by atoms with E-state index >= 15 is 0 Å². The van der Waals surface area contributed by atoms with Crippen LogP contribution in [0, 0.1) is 0 Å². The number of rotatable bonds is 8. The summed E-state index contributed by atoms with van der Waals surface area (Å²) < 4.78 is 70.8. The maximum Gasteiger partial charge on any atom is 0.534 e. The van der Waals surface area contributed by atoms with Gasteiger partial charge in [0.25, 0.3) is 0 Å². The minimum absolute atomic E-state index is 0.269. The number of halogens is 3. The van der Waals surface area contributed by atoms with Crippen LogP contribution in [0.25, 0.3) is 20.2 Å². The molecule has 0 saturated heterocycles. The third-order valence-corrected chi connectivity index (χ3v) is 9.72. The fourth-order valence-electron chi connectivity index (χ4n) is 5.57. The molecule has 0 N–H and O–H groups in total. The van der Waals surface area contributed by atoms with Gasteiger partial charge in [-0.05, 0) is 72.8 Å². The van der Waals surface area contributed by atoms with Crippen molar-refractivity contribution in [3.8, 4) is 5.75 Å². The Bertz CT molecular complexity index is 2200. The minimum atomic E-state index is -5.93. The number of hydrogen-bond acceptors (Lipinski definition) is 6. The smallest absolute Gasteiger partial charge is 0.374 e. The van der Waals surface area contributed by atoms with Gasteiger partial charge in [-0.15, -0.1) is 11.3 Å². The molecule has 7 rings (SSSR count). The van der Waals surface area contributed by atoms with Crippen molar-refractivity contribution in [3.63, 3.8) is 0 Å². The van der Waals surface area contributed by atoms with Crippen molar-refractivity contribution in [1.29, 1.82) is 0 Å². The summed E-state index contributed by atoms with van der Waals surface area (Å²) >= 11 is 1.17. The number of thiophene rings is 1. The van der Waals surface area contributed by atoms with Gasteiger partial charge in [0.15, 0.2) is 5.75 Å². The number of para-hydroxylation sites is 4. The van der Waals surface area contributed by atoms with Gasteiger partial charge in [0.05, 0.1) is 10.4 Å². The summed E-state index contributed by atoms with van der Waals surface area (Å²) in [4.78, 5) is 4.07. The van der Waals surface area contributed by atoms with Gasteiger partial charge < -0.3 is 14.0 Å². The molecule has 47 heavy (non-hydrogen) atoms. The highest BCUT2D eigenvalue weighted by molar-refractivity contribution is 7.88. The second-order valence-electron chi connectivity index (χ2n) is 10.6. The summed E-state index contributed by atoms with van der Waals surface area (Å²) in [5.74, 6) is -0.395. The number of hydrogen-bond donors (Lipinski definition) is 0. The molecule has 0 atom stereocenters. The van der Waals surface area contributed by atoms with E-state index in [1.54, 1.807) is 6.07 Å². The molecule has 0 fully saturated rings. The number of fused-ring (bicyclic) bond motifs is 3. The predicted octanol–water partition coefficient (Wildman–Crippen LogP) is 11.2. The highest BCUT2D eigenvalue weighted by Crippen LogP contribution is 2.50. The number of nitrogens with zero attached hydrogens (tertiary/aromatic N) is 2. The zero-order valence-corrected chi connectivity index (χ0v) is 26.1. The second-order valence-corrected chi connectivity index (χ2v) is 13.2. The average molecular weight is 667 g/mol. The Morgan fingerprint density at radius 3 is 1.49 bits per heavy atom. The molecule has 5 nitrogen and oxygen atoms in total. The SMILES string of the molecule is O=S(=O)(Oc1ccc(N(c2ccccc2)c2ccccc2)c2c1sc1cc(N(c3ccccc3)c3ccccc3)ccc12)C(F)(F)F. The summed E-state index contributed by atoms with van der Waals surface area (Å²) in [5, 5.41) is 1.29. The standard InChI is InChI=1S/C37H25F3N2O3S2/c38-37(39,40)47(43,44)45-33-24-23-32(42(28-17-9-3-10-18-28)29-19-11-4-12-20-29)35-31-22-21-30(25-34(31)46-36(33)35)41(26-13-5-1-6-14-26)27-15-7-2-8-16-27/h1-25H. The highest BCUT2D eigenvalue weighted by atomic mass is 32.2. The molecule has 1 heterocycles. The molecule has 1 aromatic heterocycles. The highest BCUT2D eigenvalue weighted by Gasteiger charge is 2.49. The van der Waals surface area contributed by atoms with Crippen LogP contribution in [0.5, 0.6) is 5.75 Å². The molecular formula is C37H25F3N2O3S2. The van der Waals surface area contributed by atoms with Gasteiger partial charge >= 0.3 is 15.6 Å². The Kier molecular flexibility index (Phi) is 7.83. The van der Waals surface area contributed by atoms with E-state index in [2.05, 4.69) is 4.90 Å². The van der Waals surface area contributed by atoms with Crippen LogP contribution in [-0.4, -0.2) is 13.9 Å². The Morgan fingerprint density at radius 2 is 1.02 bits per heavy atom. The molecule has 6 aromatic carbocycles. The monoisotopic (exact) mass is 666 g/mol. The van der Waals surface area contributed by atoms with Gasteiger partial charge in [-0.1, -0.05) is 78.9 Å². The van der Waals surface area contributed by atoms with Crippen molar-refractivity contribution < 1.29 is 25.8 Å².